The Morgan fingerprint density at radius 3 is 2.77 bits per heavy atom. The third-order valence-electron chi connectivity index (χ3n) is 2.65. The third-order valence-corrected chi connectivity index (χ3v) is 2.65. The fourth-order valence-electron chi connectivity index (χ4n) is 2.02. The standard InChI is InChI=1S/C13H10/c1-2-7-13-11(5-1)8-10-4-3-6-12(13)9-10/h1-7,9H,8H2. The number of hydrogen-bond donors (Lipinski definition) is 0. The van der Waals surface area contributed by atoms with Crippen LogP contribution in [0.15, 0.2) is 48.5 Å². The van der Waals surface area contributed by atoms with E-state index in [-0.39, 0.29) is 0 Å². The lowest BCUT2D eigenvalue weighted by molar-refractivity contribution is 1.17. The molecule has 0 saturated heterocycles. The van der Waals surface area contributed by atoms with Crippen molar-refractivity contribution in [2.75, 3.05) is 0 Å². The maximum absolute atomic E-state index is 2.28. The van der Waals surface area contributed by atoms with Gasteiger partial charge in [-0.25, -0.2) is 0 Å². The van der Waals surface area contributed by atoms with E-state index in [0.29, 0.717) is 0 Å². The first-order valence-electron chi connectivity index (χ1n) is 4.61. The van der Waals surface area contributed by atoms with Crippen LogP contribution in [0, 0.1) is 0 Å². The van der Waals surface area contributed by atoms with Gasteiger partial charge in [-0.15, -0.1) is 0 Å². The molecule has 0 fully saturated rings. The van der Waals surface area contributed by atoms with E-state index in [2.05, 4.69) is 48.5 Å². The molecule has 2 aromatic rings. The predicted octanol–water partition coefficient (Wildman–Crippen LogP) is 3.26. The van der Waals surface area contributed by atoms with Crippen LogP contribution in [0.25, 0.3) is 11.1 Å². The third kappa shape index (κ3) is 0.988. The van der Waals surface area contributed by atoms with Gasteiger partial charge in [0, 0.05) is 0 Å². The Bertz CT molecular complexity index is 455. The Balaban J connectivity index is 2.34. The Kier molecular flexibility index (Phi) is 1.31. The van der Waals surface area contributed by atoms with Gasteiger partial charge < -0.3 is 0 Å². The van der Waals surface area contributed by atoms with E-state index in [4.69, 9.17) is 0 Å². The van der Waals surface area contributed by atoms with Crippen LogP contribution in [0.5, 0.6) is 0 Å². The molecule has 0 heterocycles. The molecule has 62 valence electrons. The summed E-state index contributed by atoms with van der Waals surface area (Å²) in [6, 6.07) is 17.4. The van der Waals surface area contributed by atoms with E-state index in [0.717, 1.165) is 6.42 Å². The van der Waals surface area contributed by atoms with Crippen LogP contribution in [0.2, 0.25) is 0 Å². The molecule has 2 bridgehead atoms. The highest BCUT2D eigenvalue weighted by molar-refractivity contribution is 5.71. The molecule has 13 heavy (non-hydrogen) atoms. The van der Waals surface area contributed by atoms with Gasteiger partial charge in [-0.05, 0) is 28.7 Å². The molecular formula is C13H10. The SMILES string of the molecule is c1cc2cc(c1)-c1ccccc1C2. The van der Waals surface area contributed by atoms with Crippen LogP contribution in [0.4, 0.5) is 0 Å². The quantitative estimate of drug-likeness (QED) is 0.481. The topological polar surface area (TPSA) is 0 Å². The van der Waals surface area contributed by atoms with Crippen molar-refractivity contribution < 1.29 is 0 Å². The first-order valence-corrected chi connectivity index (χ1v) is 4.61. The largest absolute Gasteiger partial charge is 0.0619 e. The van der Waals surface area contributed by atoms with Crippen molar-refractivity contribution in [3.63, 3.8) is 0 Å². The van der Waals surface area contributed by atoms with Crippen molar-refractivity contribution in [2.45, 2.75) is 6.42 Å². The van der Waals surface area contributed by atoms with Crippen LogP contribution in [0.3, 0.4) is 0 Å². The van der Waals surface area contributed by atoms with E-state index in [1.165, 1.54) is 22.3 Å². The normalized spacial score (nSPS) is 12.3. The van der Waals surface area contributed by atoms with Crippen LogP contribution in [-0.4, -0.2) is 0 Å². The molecule has 0 nitrogen and oxygen atoms in total. The highest BCUT2D eigenvalue weighted by Crippen LogP contribution is 2.30. The summed E-state index contributed by atoms with van der Waals surface area (Å²) >= 11 is 0. The number of rotatable bonds is 0. The van der Waals surface area contributed by atoms with E-state index < -0.39 is 0 Å². The van der Waals surface area contributed by atoms with Gasteiger partial charge in [-0.2, -0.15) is 0 Å². The first-order chi connectivity index (χ1) is 6.43. The molecule has 0 saturated carbocycles. The zero-order chi connectivity index (χ0) is 8.67. The second-order valence-corrected chi connectivity index (χ2v) is 3.53. The molecule has 0 aromatic heterocycles. The summed E-state index contributed by atoms with van der Waals surface area (Å²) in [6.07, 6.45) is 1.09. The fourth-order valence-corrected chi connectivity index (χ4v) is 2.02. The Morgan fingerprint density at radius 2 is 1.77 bits per heavy atom. The maximum atomic E-state index is 2.28. The molecule has 0 N–H and O–H groups in total. The summed E-state index contributed by atoms with van der Waals surface area (Å²) in [5.74, 6) is 0. The Hall–Kier alpha value is -1.56. The van der Waals surface area contributed by atoms with Crippen molar-refractivity contribution >= 4 is 0 Å². The average molecular weight is 166 g/mol. The van der Waals surface area contributed by atoms with Crippen LogP contribution in [0.1, 0.15) is 11.1 Å². The van der Waals surface area contributed by atoms with Gasteiger partial charge in [0.25, 0.3) is 0 Å². The van der Waals surface area contributed by atoms with Crippen molar-refractivity contribution in [3.05, 3.63) is 59.7 Å². The lowest BCUT2D eigenvalue weighted by Crippen LogP contribution is -1.97. The van der Waals surface area contributed by atoms with E-state index >= 15 is 0 Å². The molecule has 0 atom stereocenters. The second-order valence-electron chi connectivity index (χ2n) is 3.53. The molecule has 0 amide bonds. The molecule has 3 rings (SSSR count). The van der Waals surface area contributed by atoms with Crippen molar-refractivity contribution in [1.82, 2.24) is 0 Å². The van der Waals surface area contributed by atoms with Gasteiger partial charge in [-0.1, -0.05) is 48.5 Å². The Morgan fingerprint density at radius 1 is 0.846 bits per heavy atom. The lowest BCUT2D eigenvalue weighted by Gasteiger charge is -2.16. The number of benzene rings is 2. The molecular weight excluding hydrogens is 156 g/mol. The first kappa shape index (κ1) is 6.90. The summed E-state index contributed by atoms with van der Waals surface area (Å²) in [4.78, 5) is 0. The predicted molar refractivity (Wildman–Crippen MR) is 54.7 cm³/mol. The van der Waals surface area contributed by atoms with E-state index in [1.807, 2.05) is 0 Å². The van der Waals surface area contributed by atoms with Gasteiger partial charge in [0.1, 0.15) is 0 Å². The monoisotopic (exact) mass is 166 g/mol. The van der Waals surface area contributed by atoms with Gasteiger partial charge >= 0.3 is 0 Å². The van der Waals surface area contributed by atoms with Crippen LogP contribution in [-0.2, 0) is 6.42 Å². The van der Waals surface area contributed by atoms with Crippen molar-refractivity contribution in [2.24, 2.45) is 0 Å². The molecule has 2 aromatic carbocycles. The average Bonchev–Trinajstić information content (AvgIpc) is 2.18. The summed E-state index contributed by atoms with van der Waals surface area (Å²) in [7, 11) is 0. The summed E-state index contributed by atoms with van der Waals surface area (Å²) in [5.41, 5.74) is 5.64. The number of hydrogen-bond acceptors (Lipinski definition) is 0. The molecule has 1 aliphatic carbocycles. The minimum atomic E-state index is 1.09. The smallest absolute Gasteiger partial charge is 0.00194 e. The molecule has 0 heteroatoms. The molecule has 1 aliphatic rings. The minimum Gasteiger partial charge on any atom is -0.0619 e. The fraction of sp³-hybridized carbons (Fsp3) is 0.0769. The minimum absolute atomic E-state index is 1.09. The Labute approximate surface area is 77.8 Å². The highest BCUT2D eigenvalue weighted by Gasteiger charge is 2.10. The summed E-state index contributed by atoms with van der Waals surface area (Å²) in [5, 5.41) is 0. The summed E-state index contributed by atoms with van der Waals surface area (Å²) < 4.78 is 0. The molecule has 0 radical (unpaired) electrons. The van der Waals surface area contributed by atoms with Crippen LogP contribution >= 0.6 is 0 Å². The molecule has 0 aliphatic heterocycles. The zero-order valence-corrected chi connectivity index (χ0v) is 7.33. The van der Waals surface area contributed by atoms with Gasteiger partial charge in [0.15, 0.2) is 0 Å². The lowest BCUT2D eigenvalue weighted by atomic mass is 9.89. The zero-order valence-electron chi connectivity index (χ0n) is 7.33. The van der Waals surface area contributed by atoms with E-state index in [1.54, 1.807) is 0 Å². The maximum Gasteiger partial charge on any atom is -0.00194 e. The van der Waals surface area contributed by atoms with Gasteiger partial charge in [0.2, 0.25) is 0 Å². The van der Waals surface area contributed by atoms with Gasteiger partial charge in [-0.3, -0.25) is 0 Å². The summed E-state index contributed by atoms with van der Waals surface area (Å²) in [6.45, 7) is 0. The number of fused-ring (bicyclic) bond motifs is 4. The molecule has 0 spiro atoms. The second kappa shape index (κ2) is 2.46. The highest BCUT2D eigenvalue weighted by atomic mass is 14.1. The van der Waals surface area contributed by atoms with Gasteiger partial charge in [0.05, 0.1) is 0 Å². The van der Waals surface area contributed by atoms with Crippen molar-refractivity contribution in [3.8, 4) is 11.1 Å². The van der Waals surface area contributed by atoms with E-state index in [9.17, 15) is 0 Å². The van der Waals surface area contributed by atoms with Crippen molar-refractivity contribution in [1.29, 1.82) is 0 Å². The molecule has 0 unspecified atom stereocenters. The van der Waals surface area contributed by atoms with Crippen LogP contribution < -0.4 is 0 Å².